The molecular formula is C15H19NO2S. The Hall–Kier alpha value is -1.26. The lowest BCUT2D eigenvalue weighted by atomic mass is 9.99. The summed E-state index contributed by atoms with van der Waals surface area (Å²) >= 11 is 1.85. The highest BCUT2D eigenvalue weighted by Crippen LogP contribution is 2.42. The number of hydrogen-bond acceptors (Lipinski definition) is 4. The van der Waals surface area contributed by atoms with Crippen LogP contribution in [0.15, 0.2) is 12.1 Å². The van der Waals surface area contributed by atoms with E-state index >= 15 is 0 Å². The summed E-state index contributed by atoms with van der Waals surface area (Å²) in [5, 5.41) is 4.57. The molecule has 0 atom stereocenters. The number of hydrogen-bond donors (Lipinski definition) is 1. The van der Waals surface area contributed by atoms with Crippen molar-refractivity contribution in [2.75, 3.05) is 20.3 Å². The second kappa shape index (κ2) is 5.02. The van der Waals surface area contributed by atoms with Crippen molar-refractivity contribution in [2.24, 2.45) is 0 Å². The maximum absolute atomic E-state index is 5.70. The van der Waals surface area contributed by atoms with E-state index in [0.717, 1.165) is 18.0 Å². The molecule has 0 bridgehead atoms. The summed E-state index contributed by atoms with van der Waals surface area (Å²) in [7, 11) is 1.99. The van der Waals surface area contributed by atoms with Crippen molar-refractivity contribution >= 4 is 21.4 Å². The summed E-state index contributed by atoms with van der Waals surface area (Å²) in [6.45, 7) is 6.70. The quantitative estimate of drug-likeness (QED) is 0.931. The third-order valence-electron chi connectivity index (χ3n) is 3.38. The number of nitrogens with one attached hydrogen (secondary N) is 1. The van der Waals surface area contributed by atoms with Crippen LogP contribution in [0, 0.1) is 0 Å². The van der Waals surface area contributed by atoms with Crippen LogP contribution in [0.1, 0.15) is 30.2 Å². The number of rotatable bonds is 3. The molecule has 0 saturated heterocycles. The molecule has 1 aliphatic rings. The zero-order chi connectivity index (χ0) is 13.4. The summed E-state index contributed by atoms with van der Waals surface area (Å²) < 4.78 is 12.7. The lowest BCUT2D eigenvalue weighted by molar-refractivity contribution is 0.172. The summed E-state index contributed by atoms with van der Waals surface area (Å²) in [4.78, 5) is 1.41. The van der Waals surface area contributed by atoms with Gasteiger partial charge in [0.25, 0.3) is 0 Å². The van der Waals surface area contributed by atoms with Gasteiger partial charge in [-0.1, -0.05) is 13.8 Å². The van der Waals surface area contributed by atoms with Gasteiger partial charge >= 0.3 is 0 Å². The minimum Gasteiger partial charge on any atom is -0.486 e. The van der Waals surface area contributed by atoms with Crippen molar-refractivity contribution in [3.8, 4) is 11.5 Å². The SMILES string of the molecule is CNCc1sc2cc3c(cc2c1C(C)C)OCCO3. The highest BCUT2D eigenvalue weighted by molar-refractivity contribution is 7.19. The molecule has 0 unspecified atom stereocenters. The fourth-order valence-electron chi connectivity index (χ4n) is 2.63. The summed E-state index contributed by atoms with van der Waals surface area (Å²) in [5.74, 6) is 2.28. The number of fused-ring (bicyclic) bond motifs is 2. The van der Waals surface area contributed by atoms with Gasteiger partial charge in [-0.15, -0.1) is 11.3 Å². The molecule has 3 nitrogen and oxygen atoms in total. The van der Waals surface area contributed by atoms with Crippen molar-refractivity contribution in [2.45, 2.75) is 26.3 Å². The van der Waals surface area contributed by atoms with Crippen LogP contribution in [0.25, 0.3) is 10.1 Å². The third kappa shape index (κ3) is 2.19. The van der Waals surface area contributed by atoms with Gasteiger partial charge in [0.05, 0.1) is 0 Å². The Morgan fingerprint density at radius 3 is 2.53 bits per heavy atom. The first-order valence-electron chi connectivity index (χ1n) is 6.70. The van der Waals surface area contributed by atoms with E-state index in [0.29, 0.717) is 19.1 Å². The van der Waals surface area contributed by atoms with E-state index in [-0.39, 0.29) is 0 Å². The average Bonchev–Trinajstić information content (AvgIpc) is 2.73. The molecule has 3 rings (SSSR count). The molecule has 102 valence electrons. The molecular weight excluding hydrogens is 258 g/mol. The van der Waals surface area contributed by atoms with Crippen molar-refractivity contribution in [1.29, 1.82) is 0 Å². The predicted octanol–water partition coefficient (Wildman–Crippen LogP) is 3.52. The molecule has 0 fully saturated rings. The molecule has 1 aromatic heterocycles. The minimum atomic E-state index is 0.514. The number of ether oxygens (including phenoxy) is 2. The molecule has 0 amide bonds. The topological polar surface area (TPSA) is 30.5 Å². The predicted molar refractivity (Wildman–Crippen MR) is 79.7 cm³/mol. The Balaban J connectivity index is 2.20. The molecule has 19 heavy (non-hydrogen) atoms. The fraction of sp³-hybridized carbons (Fsp3) is 0.467. The van der Waals surface area contributed by atoms with Crippen LogP contribution < -0.4 is 14.8 Å². The zero-order valence-corrected chi connectivity index (χ0v) is 12.4. The van der Waals surface area contributed by atoms with Gasteiger partial charge in [-0.25, -0.2) is 0 Å². The Morgan fingerprint density at radius 1 is 1.21 bits per heavy atom. The van der Waals surface area contributed by atoms with Crippen LogP contribution in [-0.2, 0) is 6.54 Å². The molecule has 1 aromatic carbocycles. The Morgan fingerprint density at radius 2 is 1.89 bits per heavy atom. The lowest BCUT2D eigenvalue weighted by Crippen LogP contribution is -2.15. The normalized spacial score (nSPS) is 14.3. The largest absolute Gasteiger partial charge is 0.486 e. The first kappa shape index (κ1) is 12.8. The van der Waals surface area contributed by atoms with Crippen LogP contribution in [0.2, 0.25) is 0 Å². The van der Waals surface area contributed by atoms with Crippen molar-refractivity contribution in [3.63, 3.8) is 0 Å². The molecule has 0 aliphatic carbocycles. The monoisotopic (exact) mass is 277 g/mol. The highest BCUT2D eigenvalue weighted by atomic mass is 32.1. The Labute approximate surface area is 117 Å². The molecule has 0 spiro atoms. The van der Waals surface area contributed by atoms with Crippen LogP contribution in [0.3, 0.4) is 0 Å². The second-order valence-electron chi connectivity index (χ2n) is 5.12. The van der Waals surface area contributed by atoms with Crippen molar-refractivity contribution in [3.05, 3.63) is 22.6 Å². The third-order valence-corrected chi connectivity index (χ3v) is 4.55. The molecule has 2 aromatic rings. The molecule has 4 heteroatoms. The van der Waals surface area contributed by atoms with E-state index in [1.54, 1.807) is 0 Å². The number of thiophene rings is 1. The molecule has 1 N–H and O–H groups in total. The van der Waals surface area contributed by atoms with Crippen LogP contribution >= 0.6 is 11.3 Å². The smallest absolute Gasteiger partial charge is 0.162 e. The zero-order valence-electron chi connectivity index (χ0n) is 11.6. The summed E-state index contributed by atoms with van der Waals surface area (Å²) in [5.41, 5.74) is 1.44. The summed E-state index contributed by atoms with van der Waals surface area (Å²) in [6.07, 6.45) is 0. The van der Waals surface area contributed by atoms with Crippen LogP contribution in [0.5, 0.6) is 11.5 Å². The van der Waals surface area contributed by atoms with Crippen molar-refractivity contribution in [1.82, 2.24) is 5.32 Å². The maximum atomic E-state index is 5.70. The van der Waals surface area contributed by atoms with Crippen LogP contribution in [0.4, 0.5) is 0 Å². The minimum absolute atomic E-state index is 0.514. The van der Waals surface area contributed by atoms with Gasteiger partial charge in [0, 0.05) is 27.6 Å². The van der Waals surface area contributed by atoms with E-state index in [1.165, 1.54) is 20.5 Å². The molecule has 0 radical (unpaired) electrons. The first-order valence-corrected chi connectivity index (χ1v) is 7.52. The van der Waals surface area contributed by atoms with Crippen molar-refractivity contribution < 1.29 is 9.47 Å². The van der Waals surface area contributed by atoms with Gasteiger partial charge in [-0.05, 0) is 24.6 Å². The Kier molecular flexibility index (Phi) is 3.37. The van der Waals surface area contributed by atoms with Gasteiger partial charge in [0.2, 0.25) is 0 Å². The van der Waals surface area contributed by atoms with Crippen LogP contribution in [-0.4, -0.2) is 20.3 Å². The number of benzene rings is 1. The highest BCUT2D eigenvalue weighted by Gasteiger charge is 2.19. The standard InChI is InChI=1S/C15H19NO2S/c1-9(2)15-10-6-11-12(18-5-4-17-11)7-13(10)19-14(15)8-16-3/h6-7,9,16H,4-5,8H2,1-3H3. The maximum Gasteiger partial charge on any atom is 0.162 e. The van der Waals surface area contributed by atoms with Gasteiger partial charge in [-0.3, -0.25) is 0 Å². The lowest BCUT2D eigenvalue weighted by Gasteiger charge is -2.18. The first-order chi connectivity index (χ1) is 9.20. The average molecular weight is 277 g/mol. The fourth-order valence-corrected chi connectivity index (χ4v) is 4.01. The van der Waals surface area contributed by atoms with E-state index in [1.807, 2.05) is 18.4 Å². The molecule has 0 saturated carbocycles. The Bertz CT molecular complexity index is 604. The van der Waals surface area contributed by atoms with Gasteiger partial charge < -0.3 is 14.8 Å². The van der Waals surface area contributed by atoms with Gasteiger partial charge in [0.1, 0.15) is 13.2 Å². The van der Waals surface area contributed by atoms with E-state index in [9.17, 15) is 0 Å². The van der Waals surface area contributed by atoms with E-state index in [2.05, 4.69) is 31.3 Å². The molecule has 1 aliphatic heterocycles. The second-order valence-corrected chi connectivity index (χ2v) is 6.25. The van der Waals surface area contributed by atoms with Gasteiger partial charge in [-0.2, -0.15) is 0 Å². The molecule has 2 heterocycles. The van der Waals surface area contributed by atoms with E-state index in [4.69, 9.17) is 9.47 Å². The van der Waals surface area contributed by atoms with Gasteiger partial charge in [0.15, 0.2) is 11.5 Å². The van der Waals surface area contributed by atoms with E-state index < -0.39 is 0 Å². The summed E-state index contributed by atoms with van der Waals surface area (Å²) in [6, 6.07) is 4.27.